The van der Waals surface area contributed by atoms with Crippen LogP contribution in [0.3, 0.4) is 0 Å². The molecule has 3 aromatic heterocycles. The van der Waals surface area contributed by atoms with Crippen molar-refractivity contribution in [2.24, 2.45) is 5.92 Å². The quantitative estimate of drug-likeness (QED) is 0.683. The van der Waals surface area contributed by atoms with Crippen molar-refractivity contribution in [2.75, 3.05) is 6.54 Å². The van der Waals surface area contributed by atoms with Crippen LogP contribution in [0.5, 0.6) is 0 Å². The fourth-order valence-electron chi connectivity index (χ4n) is 3.16. The number of rotatable bonds is 6. The Kier molecular flexibility index (Phi) is 5.41. The number of amides is 1. The highest BCUT2D eigenvalue weighted by atomic mass is 16.2. The predicted molar refractivity (Wildman–Crippen MR) is 99.9 cm³/mol. The Morgan fingerprint density at radius 3 is 2.62 bits per heavy atom. The summed E-state index contributed by atoms with van der Waals surface area (Å²) in [7, 11) is 0. The molecule has 1 amide bonds. The Morgan fingerprint density at radius 2 is 2.00 bits per heavy atom. The lowest BCUT2D eigenvalue weighted by Crippen LogP contribution is -2.38. The second kappa shape index (κ2) is 7.91. The molecule has 0 saturated carbocycles. The zero-order chi connectivity index (χ0) is 18.5. The number of carbonyl (C=O) groups excluding carboxylic acids is 1. The highest BCUT2D eigenvalue weighted by molar-refractivity contribution is 5.92. The predicted octanol–water partition coefficient (Wildman–Crippen LogP) is 3.52. The maximum atomic E-state index is 13.2. The summed E-state index contributed by atoms with van der Waals surface area (Å²) >= 11 is 0. The molecule has 3 aromatic rings. The van der Waals surface area contributed by atoms with Gasteiger partial charge in [0.05, 0.1) is 6.04 Å². The largest absolute Gasteiger partial charge is 0.330 e. The molecule has 0 fully saturated rings. The summed E-state index contributed by atoms with van der Waals surface area (Å²) in [6.45, 7) is 6.80. The van der Waals surface area contributed by atoms with Gasteiger partial charge in [-0.3, -0.25) is 9.78 Å². The topological polar surface area (TPSA) is 63.9 Å². The maximum Gasteiger partial charge on any atom is 0.273 e. The second-order valence-corrected chi connectivity index (χ2v) is 6.40. The molecular formula is C20H23N5O. The van der Waals surface area contributed by atoms with Crippen molar-refractivity contribution in [3.05, 3.63) is 72.4 Å². The summed E-state index contributed by atoms with van der Waals surface area (Å²) < 4.78 is 1.65. The van der Waals surface area contributed by atoms with E-state index in [1.54, 1.807) is 29.3 Å². The molecule has 0 N–H and O–H groups in total. The molecular weight excluding hydrogens is 326 g/mol. The van der Waals surface area contributed by atoms with Crippen LogP contribution < -0.4 is 0 Å². The third-order valence-corrected chi connectivity index (χ3v) is 4.29. The number of hydrogen-bond acceptors (Lipinski definition) is 4. The maximum absolute atomic E-state index is 13.2. The van der Waals surface area contributed by atoms with Crippen molar-refractivity contribution in [2.45, 2.75) is 26.8 Å². The van der Waals surface area contributed by atoms with Crippen LogP contribution in [0.25, 0.3) is 5.82 Å². The summed E-state index contributed by atoms with van der Waals surface area (Å²) in [6.07, 6.45) is 7.06. The van der Waals surface area contributed by atoms with Gasteiger partial charge in [0.15, 0.2) is 5.82 Å². The number of hydrogen-bond donors (Lipinski definition) is 0. The van der Waals surface area contributed by atoms with E-state index in [4.69, 9.17) is 0 Å². The van der Waals surface area contributed by atoms with E-state index >= 15 is 0 Å². The zero-order valence-electron chi connectivity index (χ0n) is 15.3. The van der Waals surface area contributed by atoms with Gasteiger partial charge in [-0.1, -0.05) is 26.0 Å². The molecule has 1 atom stereocenters. The molecule has 134 valence electrons. The van der Waals surface area contributed by atoms with Gasteiger partial charge in [-0.15, -0.1) is 0 Å². The van der Waals surface area contributed by atoms with Gasteiger partial charge in [0.25, 0.3) is 5.91 Å². The number of aromatic nitrogens is 4. The van der Waals surface area contributed by atoms with E-state index in [1.807, 2.05) is 48.4 Å². The molecule has 0 aliphatic carbocycles. The minimum Gasteiger partial charge on any atom is -0.330 e. The molecule has 0 aliphatic rings. The van der Waals surface area contributed by atoms with E-state index in [1.165, 1.54) is 0 Å². The first-order valence-electron chi connectivity index (χ1n) is 8.79. The van der Waals surface area contributed by atoms with Crippen molar-refractivity contribution >= 4 is 5.91 Å². The standard InChI is InChI=1S/C20H23N5O/c1-4-24(19(15(2)3)16-8-6-11-21-14-16)20(26)17-9-5-10-18(23-17)25-13-7-12-22-25/h5-15,19H,4H2,1-3H3. The summed E-state index contributed by atoms with van der Waals surface area (Å²) in [5, 5.41) is 4.18. The van der Waals surface area contributed by atoms with Gasteiger partial charge in [-0.05, 0) is 42.7 Å². The van der Waals surface area contributed by atoms with Crippen molar-refractivity contribution in [1.82, 2.24) is 24.6 Å². The fourth-order valence-corrected chi connectivity index (χ4v) is 3.16. The lowest BCUT2D eigenvalue weighted by molar-refractivity contribution is 0.0630. The lowest BCUT2D eigenvalue weighted by Gasteiger charge is -2.33. The molecule has 26 heavy (non-hydrogen) atoms. The minimum absolute atomic E-state index is 0.0589. The van der Waals surface area contributed by atoms with E-state index in [2.05, 4.69) is 28.9 Å². The molecule has 3 rings (SSSR count). The molecule has 0 saturated heterocycles. The highest BCUT2D eigenvalue weighted by Crippen LogP contribution is 2.29. The first-order valence-corrected chi connectivity index (χ1v) is 8.79. The molecule has 6 heteroatoms. The monoisotopic (exact) mass is 349 g/mol. The van der Waals surface area contributed by atoms with E-state index < -0.39 is 0 Å². The van der Waals surface area contributed by atoms with Crippen LogP contribution in [0.1, 0.15) is 42.9 Å². The van der Waals surface area contributed by atoms with Crippen molar-refractivity contribution in [1.29, 1.82) is 0 Å². The van der Waals surface area contributed by atoms with Crippen LogP contribution in [0.4, 0.5) is 0 Å². The van der Waals surface area contributed by atoms with Gasteiger partial charge in [0, 0.05) is 31.3 Å². The number of pyridine rings is 2. The SMILES string of the molecule is CCN(C(=O)c1cccc(-n2cccn2)n1)C(c1cccnc1)C(C)C. The van der Waals surface area contributed by atoms with Crippen LogP contribution in [-0.2, 0) is 0 Å². The fraction of sp³-hybridized carbons (Fsp3) is 0.300. The first kappa shape index (κ1) is 17.8. The van der Waals surface area contributed by atoms with Crippen molar-refractivity contribution in [3.63, 3.8) is 0 Å². The number of carbonyl (C=O) groups is 1. The van der Waals surface area contributed by atoms with Crippen molar-refractivity contribution < 1.29 is 4.79 Å². The Morgan fingerprint density at radius 1 is 1.15 bits per heavy atom. The smallest absolute Gasteiger partial charge is 0.273 e. The van der Waals surface area contributed by atoms with Crippen LogP contribution in [0.15, 0.2) is 61.2 Å². The summed E-state index contributed by atoms with van der Waals surface area (Å²) in [4.78, 5) is 23.8. The normalized spacial score (nSPS) is 12.2. The van der Waals surface area contributed by atoms with Gasteiger partial charge in [0.2, 0.25) is 0 Å². The van der Waals surface area contributed by atoms with Crippen LogP contribution in [-0.4, -0.2) is 37.1 Å². The summed E-state index contributed by atoms with van der Waals surface area (Å²) in [5.74, 6) is 0.779. The first-order chi connectivity index (χ1) is 12.6. The molecule has 0 aromatic carbocycles. The average Bonchev–Trinajstić information content (AvgIpc) is 3.21. The molecule has 1 unspecified atom stereocenters. The molecule has 0 radical (unpaired) electrons. The van der Waals surface area contributed by atoms with Gasteiger partial charge in [-0.2, -0.15) is 5.10 Å². The average molecular weight is 349 g/mol. The van der Waals surface area contributed by atoms with Gasteiger partial charge in [-0.25, -0.2) is 9.67 Å². The minimum atomic E-state index is -0.0935. The Labute approximate surface area is 153 Å². The van der Waals surface area contributed by atoms with Crippen molar-refractivity contribution in [3.8, 4) is 5.82 Å². The van der Waals surface area contributed by atoms with Gasteiger partial charge < -0.3 is 4.90 Å². The Hall–Kier alpha value is -3.02. The van der Waals surface area contributed by atoms with Crippen LogP contribution in [0.2, 0.25) is 0 Å². The van der Waals surface area contributed by atoms with E-state index in [0.29, 0.717) is 18.1 Å². The Bertz CT molecular complexity index is 846. The summed E-state index contributed by atoms with van der Waals surface area (Å²) in [5.41, 5.74) is 1.44. The molecule has 3 heterocycles. The second-order valence-electron chi connectivity index (χ2n) is 6.40. The molecule has 0 aliphatic heterocycles. The van der Waals surface area contributed by atoms with Crippen LogP contribution in [0, 0.1) is 5.92 Å². The zero-order valence-corrected chi connectivity index (χ0v) is 15.3. The highest BCUT2D eigenvalue weighted by Gasteiger charge is 2.28. The Balaban J connectivity index is 1.94. The van der Waals surface area contributed by atoms with E-state index in [9.17, 15) is 4.79 Å². The third-order valence-electron chi connectivity index (χ3n) is 4.29. The number of nitrogens with zero attached hydrogens (tertiary/aromatic N) is 5. The lowest BCUT2D eigenvalue weighted by atomic mass is 9.95. The van der Waals surface area contributed by atoms with E-state index in [-0.39, 0.29) is 17.9 Å². The van der Waals surface area contributed by atoms with Gasteiger partial charge >= 0.3 is 0 Å². The molecule has 0 spiro atoms. The van der Waals surface area contributed by atoms with Gasteiger partial charge in [0.1, 0.15) is 5.69 Å². The van der Waals surface area contributed by atoms with Crippen LogP contribution >= 0.6 is 0 Å². The molecule has 0 bridgehead atoms. The van der Waals surface area contributed by atoms with E-state index in [0.717, 1.165) is 5.56 Å². The summed E-state index contributed by atoms with van der Waals surface area (Å²) in [6, 6.07) is 11.1. The third kappa shape index (κ3) is 3.64. The molecule has 6 nitrogen and oxygen atoms in total.